The van der Waals surface area contributed by atoms with Crippen LogP contribution in [-0.2, 0) is 17.6 Å². The molecule has 0 aliphatic rings. The van der Waals surface area contributed by atoms with Crippen LogP contribution < -0.4 is 10.1 Å². The zero-order valence-corrected chi connectivity index (χ0v) is 19.0. The molecule has 2 heterocycles. The number of hydrogen-bond acceptors (Lipinski definition) is 4. The largest absolute Gasteiger partial charge is 0.496 e. The van der Waals surface area contributed by atoms with Crippen molar-refractivity contribution >= 4 is 17.2 Å². The molecule has 6 heteroatoms. The molecule has 0 aliphatic heterocycles. The lowest BCUT2D eigenvalue weighted by atomic mass is 10.1. The Hall–Kier alpha value is -3.67. The fourth-order valence-electron chi connectivity index (χ4n) is 3.96. The Labute approximate surface area is 188 Å². The highest BCUT2D eigenvalue weighted by molar-refractivity contribution is 5.90. The van der Waals surface area contributed by atoms with Crippen molar-refractivity contribution in [1.29, 1.82) is 0 Å². The number of aromatic nitrogens is 3. The number of fused-ring (bicyclic) bond motifs is 1. The van der Waals surface area contributed by atoms with Crippen molar-refractivity contribution in [1.82, 2.24) is 14.6 Å². The van der Waals surface area contributed by atoms with Crippen LogP contribution in [0.1, 0.15) is 35.9 Å². The lowest BCUT2D eigenvalue weighted by Gasteiger charge is -2.11. The lowest BCUT2D eigenvalue weighted by Crippen LogP contribution is -2.14. The molecule has 0 saturated heterocycles. The molecule has 0 spiro atoms. The molecular weight excluding hydrogens is 400 g/mol. The standard InChI is InChI=1S/C26H28N4O2/c1-5-19-10-12-20(13-11-19)28-26(31)15-14-21-17(2)27-25-16-23(29-30(25)18(21)3)22-8-6-7-9-24(22)32-4/h6-13,16H,5,14-15H2,1-4H3,(H,28,31). The van der Waals surface area contributed by atoms with Crippen molar-refractivity contribution in [2.24, 2.45) is 0 Å². The van der Waals surface area contributed by atoms with Crippen molar-refractivity contribution in [2.75, 3.05) is 12.4 Å². The van der Waals surface area contributed by atoms with Gasteiger partial charge in [0.2, 0.25) is 5.91 Å². The summed E-state index contributed by atoms with van der Waals surface area (Å²) >= 11 is 0. The first-order valence-electron chi connectivity index (χ1n) is 10.9. The first kappa shape index (κ1) is 21.6. The van der Waals surface area contributed by atoms with Gasteiger partial charge in [-0.2, -0.15) is 5.10 Å². The van der Waals surface area contributed by atoms with Crippen LogP contribution in [0.3, 0.4) is 0 Å². The van der Waals surface area contributed by atoms with E-state index in [1.807, 2.05) is 73.0 Å². The third-order valence-electron chi connectivity index (χ3n) is 5.79. The summed E-state index contributed by atoms with van der Waals surface area (Å²) in [6.07, 6.45) is 1.96. The molecule has 2 aromatic heterocycles. The molecule has 0 radical (unpaired) electrons. The van der Waals surface area contributed by atoms with Gasteiger partial charge < -0.3 is 10.1 Å². The van der Waals surface area contributed by atoms with Crippen molar-refractivity contribution in [3.8, 4) is 17.0 Å². The first-order valence-corrected chi connectivity index (χ1v) is 10.9. The van der Waals surface area contributed by atoms with Gasteiger partial charge in [0, 0.05) is 35.1 Å². The van der Waals surface area contributed by atoms with E-state index >= 15 is 0 Å². The van der Waals surface area contributed by atoms with E-state index in [9.17, 15) is 4.79 Å². The maximum atomic E-state index is 12.5. The van der Waals surface area contributed by atoms with Crippen molar-refractivity contribution in [3.05, 3.63) is 77.1 Å². The third kappa shape index (κ3) is 4.35. The van der Waals surface area contributed by atoms with Gasteiger partial charge in [0.05, 0.1) is 12.8 Å². The number of nitrogens with one attached hydrogen (secondary N) is 1. The Morgan fingerprint density at radius 1 is 1.09 bits per heavy atom. The minimum Gasteiger partial charge on any atom is -0.496 e. The van der Waals surface area contributed by atoms with Crippen LogP contribution in [0.2, 0.25) is 0 Å². The second kappa shape index (κ2) is 9.22. The number of benzene rings is 2. The number of anilines is 1. The van der Waals surface area contributed by atoms with Gasteiger partial charge in [0.1, 0.15) is 5.75 Å². The molecule has 0 aliphatic carbocycles. The molecule has 32 heavy (non-hydrogen) atoms. The number of rotatable bonds is 7. The van der Waals surface area contributed by atoms with E-state index in [0.29, 0.717) is 12.8 Å². The van der Waals surface area contributed by atoms with E-state index in [4.69, 9.17) is 14.8 Å². The molecule has 0 fully saturated rings. The van der Waals surface area contributed by atoms with Gasteiger partial charge in [0.15, 0.2) is 5.65 Å². The number of nitrogens with zero attached hydrogens (tertiary/aromatic N) is 3. The fourth-order valence-corrected chi connectivity index (χ4v) is 3.96. The zero-order chi connectivity index (χ0) is 22.7. The number of carbonyl (C=O) groups is 1. The maximum Gasteiger partial charge on any atom is 0.224 e. The normalized spacial score (nSPS) is 11.0. The summed E-state index contributed by atoms with van der Waals surface area (Å²) in [6, 6.07) is 17.8. The second-order valence-corrected chi connectivity index (χ2v) is 7.86. The lowest BCUT2D eigenvalue weighted by molar-refractivity contribution is -0.116. The average molecular weight is 429 g/mol. The summed E-state index contributed by atoms with van der Waals surface area (Å²) in [5.74, 6) is 0.762. The molecule has 4 aromatic rings. The third-order valence-corrected chi connectivity index (χ3v) is 5.79. The van der Waals surface area contributed by atoms with Crippen LogP contribution >= 0.6 is 0 Å². The first-order chi connectivity index (χ1) is 15.5. The van der Waals surface area contributed by atoms with E-state index in [1.165, 1.54) is 5.56 Å². The summed E-state index contributed by atoms with van der Waals surface area (Å²) in [5, 5.41) is 7.76. The molecule has 4 rings (SSSR count). The van der Waals surface area contributed by atoms with Gasteiger partial charge in [-0.15, -0.1) is 0 Å². The van der Waals surface area contributed by atoms with E-state index in [-0.39, 0.29) is 5.91 Å². The van der Waals surface area contributed by atoms with E-state index in [0.717, 1.165) is 51.7 Å². The van der Waals surface area contributed by atoms with Crippen LogP contribution in [0, 0.1) is 13.8 Å². The average Bonchev–Trinajstić information content (AvgIpc) is 3.23. The van der Waals surface area contributed by atoms with Gasteiger partial charge in [0.25, 0.3) is 0 Å². The quantitative estimate of drug-likeness (QED) is 0.442. The van der Waals surface area contributed by atoms with E-state index < -0.39 is 0 Å². The number of carbonyl (C=O) groups excluding carboxylic acids is 1. The number of amides is 1. The maximum absolute atomic E-state index is 12.5. The smallest absolute Gasteiger partial charge is 0.224 e. The Morgan fingerprint density at radius 2 is 1.84 bits per heavy atom. The predicted molar refractivity (Wildman–Crippen MR) is 127 cm³/mol. The predicted octanol–water partition coefficient (Wildman–Crippen LogP) is 5.16. The van der Waals surface area contributed by atoms with Crippen molar-refractivity contribution in [2.45, 2.75) is 40.0 Å². The van der Waals surface area contributed by atoms with Crippen molar-refractivity contribution in [3.63, 3.8) is 0 Å². The Balaban J connectivity index is 1.54. The summed E-state index contributed by atoms with van der Waals surface area (Å²) in [5.41, 5.74) is 7.54. The fraction of sp³-hybridized carbons (Fsp3) is 0.269. The van der Waals surface area contributed by atoms with Crippen LogP contribution in [0.15, 0.2) is 54.6 Å². The number of hydrogen-bond donors (Lipinski definition) is 1. The molecule has 0 unspecified atom stereocenters. The number of aryl methyl sites for hydroxylation is 3. The monoisotopic (exact) mass is 428 g/mol. The number of methoxy groups -OCH3 is 1. The van der Waals surface area contributed by atoms with Crippen LogP contribution in [0.25, 0.3) is 16.9 Å². The van der Waals surface area contributed by atoms with Crippen LogP contribution in [0.4, 0.5) is 5.69 Å². The molecule has 1 N–H and O–H groups in total. The molecule has 0 atom stereocenters. The summed E-state index contributed by atoms with van der Waals surface area (Å²) in [6.45, 7) is 6.12. The zero-order valence-electron chi connectivity index (χ0n) is 19.0. The van der Waals surface area contributed by atoms with Gasteiger partial charge in [-0.25, -0.2) is 9.50 Å². The minimum atomic E-state index is -0.0108. The Morgan fingerprint density at radius 3 is 2.56 bits per heavy atom. The number of para-hydroxylation sites is 1. The van der Waals surface area contributed by atoms with Gasteiger partial charge >= 0.3 is 0 Å². The molecule has 2 aromatic carbocycles. The summed E-state index contributed by atoms with van der Waals surface area (Å²) in [4.78, 5) is 17.3. The summed E-state index contributed by atoms with van der Waals surface area (Å²) in [7, 11) is 1.66. The topological polar surface area (TPSA) is 68.5 Å². The van der Waals surface area contributed by atoms with Gasteiger partial charge in [-0.1, -0.05) is 31.2 Å². The second-order valence-electron chi connectivity index (χ2n) is 7.86. The highest BCUT2D eigenvalue weighted by atomic mass is 16.5. The van der Waals surface area contributed by atoms with Crippen molar-refractivity contribution < 1.29 is 9.53 Å². The molecular formula is C26H28N4O2. The van der Waals surface area contributed by atoms with E-state index in [2.05, 4.69) is 12.2 Å². The number of ether oxygens (including phenoxy) is 1. The molecule has 164 valence electrons. The van der Waals surface area contributed by atoms with Gasteiger partial charge in [-0.05, 0) is 62.1 Å². The minimum absolute atomic E-state index is 0.0108. The van der Waals surface area contributed by atoms with Gasteiger partial charge in [-0.3, -0.25) is 4.79 Å². The SMILES string of the molecule is CCc1ccc(NC(=O)CCc2c(C)nc3cc(-c4ccccc4OC)nn3c2C)cc1. The molecule has 6 nitrogen and oxygen atoms in total. The molecule has 0 bridgehead atoms. The molecule has 1 amide bonds. The van der Waals surface area contributed by atoms with Crippen LogP contribution in [-0.4, -0.2) is 27.6 Å². The highest BCUT2D eigenvalue weighted by Gasteiger charge is 2.16. The van der Waals surface area contributed by atoms with Crippen LogP contribution in [0.5, 0.6) is 5.75 Å². The highest BCUT2D eigenvalue weighted by Crippen LogP contribution is 2.30. The molecule has 0 saturated carbocycles. The Bertz CT molecular complexity index is 1260. The summed E-state index contributed by atoms with van der Waals surface area (Å²) < 4.78 is 7.34. The van der Waals surface area contributed by atoms with E-state index in [1.54, 1.807) is 7.11 Å². The Kier molecular flexibility index (Phi) is 6.21.